The first-order valence-electron chi connectivity index (χ1n) is 6.46. The number of nitrogens with zero attached hydrogens (tertiary/aromatic N) is 1. The van der Waals surface area contributed by atoms with Crippen molar-refractivity contribution in [3.8, 4) is 5.75 Å². The lowest BCUT2D eigenvalue weighted by atomic mass is 10.1. The predicted molar refractivity (Wildman–Crippen MR) is 68.0 cm³/mol. The maximum atomic E-state index is 10.5. The molecule has 2 rings (SSSR count). The summed E-state index contributed by atoms with van der Waals surface area (Å²) in [5.41, 5.74) is 0.101. The zero-order valence-electron chi connectivity index (χ0n) is 10.4. The number of likely N-dealkylation sites (tertiary alicyclic amines) is 1. The van der Waals surface area contributed by atoms with Crippen LogP contribution in [0.4, 0.5) is 5.69 Å². The third kappa shape index (κ3) is 3.70. The molecule has 0 radical (unpaired) electrons. The van der Waals surface area contributed by atoms with Gasteiger partial charge in [-0.15, -0.1) is 0 Å². The number of nitrogens with one attached hydrogen (secondary N) is 1. The van der Waals surface area contributed by atoms with E-state index in [0.717, 1.165) is 6.54 Å². The van der Waals surface area contributed by atoms with Gasteiger partial charge in [0.2, 0.25) is 0 Å². The molecule has 1 aromatic carbocycles. The first kappa shape index (κ1) is 12.8. The molecule has 98 valence electrons. The van der Waals surface area contributed by atoms with Gasteiger partial charge in [-0.2, -0.15) is 0 Å². The number of nitro groups is 1. The second-order valence-electron chi connectivity index (χ2n) is 4.66. The number of nitro benzene ring substituents is 1. The monoisotopic (exact) mass is 251 g/mol. The SMILES string of the molecule is O=[N+]([O-])c1ccc(OCC[NH+]2CCCCC2)cc1. The van der Waals surface area contributed by atoms with Crippen molar-refractivity contribution in [1.82, 2.24) is 0 Å². The lowest BCUT2D eigenvalue weighted by molar-refractivity contribution is -0.904. The Labute approximate surface area is 107 Å². The van der Waals surface area contributed by atoms with Crippen molar-refractivity contribution < 1.29 is 14.6 Å². The van der Waals surface area contributed by atoms with Gasteiger partial charge in [0.1, 0.15) is 18.9 Å². The third-order valence-electron chi connectivity index (χ3n) is 3.33. The Bertz CT molecular complexity index is 386. The van der Waals surface area contributed by atoms with E-state index < -0.39 is 4.92 Å². The molecule has 0 amide bonds. The van der Waals surface area contributed by atoms with E-state index in [0.29, 0.717) is 12.4 Å². The maximum absolute atomic E-state index is 10.5. The maximum Gasteiger partial charge on any atom is 0.269 e. The van der Waals surface area contributed by atoms with E-state index in [2.05, 4.69) is 0 Å². The summed E-state index contributed by atoms with van der Waals surface area (Å²) in [6, 6.07) is 6.26. The lowest BCUT2D eigenvalue weighted by Crippen LogP contribution is -3.13. The Balaban J connectivity index is 1.74. The molecule has 1 heterocycles. The van der Waals surface area contributed by atoms with E-state index in [1.54, 1.807) is 17.0 Å². The van der Waals surface area contributed by atoms with Crippen LogP contribution in [0, 0.1) is 10.1 Å². The predicted octanol–water partition coefficient (Wildman–Crippen LogP) is 1.04. The first-order chi connectivity index (χ1) is 8.75. The number of quaternary nitrogens is 1. The Morgan fingerprint density at radius 3 is 2.44 bits per heavy atom. The van der Waals surface area contributed by atoms with Gasteiger partial charge in [0, 0.05) is 12.1 Å². The number of ether oxygens (including phenoxy) is 1. The number of non-ortho nitro benzene ring substituents is 1. The van der Waals surface area contributed by atoms with E-state index in [-0.39, 0.29) is 5.69 Å². The minimum absolute atomic E-state index is 0.101. The molecule has 5 heteroatoms. The molecular formula is C13H19N2O3+. The second kappa shape index (κ2) is 6.35. The topological polar surface area (TPSA) is 56.8 Å². The molecule has 5 nitrogen and oxygen atoms in total. The number of hydrogen-bond acceptors (Lipinski definition) is 3. The summed E-state index contributed by atoms with van der Waals surface area (Å²) in [6.07, 6.45) is 3.98. The third-order valence-corrected chi connectivity index (χ3v) is 3.33. The molecule has 0 bridgehead atoms. The van der Waals surface area contributed by atoms with Crippen LogP contribution < -0.4 is 9.64 Å². The molecule has 0 aliphatic carbocycles. The van der Waals surface area contributed by atoms with Crippen molar-refractivity contribution in [2.24, 2.45) is 0 Å². The average Bonchev–Trinajstić information content (AvgIpc) is 2.40. The molecule has 18 heavy (non-hydrogen) atoms. The fourth-order valence-corrected chi connectivity index (χ4v) is 2.28. The molecule has 0 atom stereocenters. The smallest absolute Gasteiger partial charge is 0.269 e. The van der Waals surface area contributed by atoms with Crippen LogP contribution in [0.3, 0.4) is 0 Å². The van der Waals surface area contributed by atoms with E-state index in [9.17, 15) is 10.1 Å². The highest BCUT2D eigenvalue weighted by Crippen LogP contribution is 2.16. The summed E-state index contributed by atoms with van der Waals surface area (Å²) >= 11 is 0. The molecule has 0 saturated carbocycles. The molecule has 0 spiro atoms. The van der Waals surface area contributed by atoms with E-state index in [1.807, 2.05) is 0 Å². The first-order valence-corrected chi connectivity index (χ1v) is 6.46. The summed E-state index contributed by atoms with van der Waals surface area (Å²) in [5.74, 6) is 0.706. The quantitative estimate of drug-likeness (QED) is 0.628. The van der Waals surface area contributed by atoms with Crippen LogP contribution in [0.1, 0.15) is 19.3 Å². The molecule has 1 aliphatic rings. The minimum Gasteiger partial charge on any atom is -0.488 e. The Hall–Kier alpha value is -1.62. The van der Waals surface area contributed by atoms with Gasteiger partial charge in [0.15, 0.2) is 0 Å². The molecule has 1 saturated heterocycles. The molecule has 0 aromatic heterocycles. The summed E-state index contributed by atoms with van der Waals surface area (Å²) in [6.45, 7) is 4.16. The normalized spacial score (nSPS) is 16.4. The number of benzene rings is 1. The van der Waals surface area contributed by atoms with Crippen LogP contribution in [0.5, 0.6) is 5.75 Å². The Morgan fingerprint density at radius 2 is 1.83 bits per heavy atom. The van der Waals surface area contributed by atoms with Crippen molar-refractivity contribution in [3.63, 3.8) is 0 Å². The van der Waals surface area contributed by atoms with Gasteiger partial charge in [0.05, 0.1) is 18.0 Å². The fraction of sp³-hybridized carbons (Fsp3) is 0.538. The highest BCUT2D eigenvalue weighted by atomic mass is 16.6. The minimum atomic E-state index is -0.401. The van der Waals surface area contributed by atoms with Crippen LogP contribution >= 0.6 is 0 Å². The lowest BCUT2D eigenvalue weighted by Gasteiger charge is -2.23. The van der Waals surface area contributed by atoms with Crippen molar-refractivity contribution in [1.29, 1.82) is 0 Å². The van der Waals surface area contributed by atoms with Gasteiger partial charge >= 0.3 is 0 Å². The summed E-state index contributed by atoms with van der Waals surface area (Å²) in [4.78, 5) is 11.7. The molecular weight excluding hydrogens is 232 g/mol. The van der Waals surface area contributed by atoms with Crippen molar-refractivity contribution in [2.75, 3.05) is 26.2 Å². The van der Waals surface area contributed by atoms with E-state index >= 15 is 0 Å². The number of rotatable bonds is 5. The van der Waals surface area contributed by atoms with Gasteiger partial charge in [-0.05, 0) is 31.4 Å². The highest BCUT2D eigenvalue weighted by Gasteiger charge is 2.13. The van der Waals surface area contributed by atoms with E-state index in [1.165, 1.54) is 44.5 Å². The van der Waals surface area contributed by atoms with Gasteiger partial charge in [-0.25, -0.2) is 0 Å². The standard InChI is InChI=1S/C13H18N2O3/c16-15(17)12-4-6-13(7-5-12)18-11-10-14-8-2-1-3-9-14/h4-7H,1-3,8-11H2/p+1. The van der Waals surface area contributed by atoms with Gasteiger partial charge in [-0.3, -0.25) is 10.1 Å². The van der Waals surface area contributed by atoms with Crippen molar-refractivity contribution in [3.05, 3.63) is 34.4 Å². The molecule has 1 N–H and O–H groups in total. The fourth-order valence-electron chi connectivity index (χ4n) is 2.28. The zero-order valence-corrected chi connectivity index (χ0v) is 10.4. The number of hydrogen-bond donors (Lipinski definition) is 1. The molecule has 1 aromatic rings. The van der Waals surface area contributed by atoms with Crippen LogP contribution in [-0.2, 0) is 0 Å². The molecule has 1 aliphatic heterocycles. The van der Waals surface area contributed by atoms with Crippen LogP contribution in [-0.4, -0.2) is 31.2 Å². The second-order valence-corrected chi connectivity index (χ2v) is 4.66. The van der Waals surface area contributed by atoms with Gasteiger partial charge in [0.25, 0.3) is 5.69 Å². The summed E-state index contributed by atoms with van der Waals surface area (Å²) < 4.78 is 5.60. The Kier molecular flexibility index (Phi) is 4.52. The van der Waals surface area contributed by atoms with Gasteiger partial charge < -0.3 is 9.64 Å². The summed E-state index contributed by atoms with van der Waals surface area (Å²) in [5, 5.41) is 10.5. The Morgan fingerprint density at radius 1 is 1.17 bits per heavy atom. The molecule has 0 unspecified atom stereocenters. The van der Waals surface area contributed by atoms with E-state index in [4.69, 9.17) is 4.74 Å². The largest absolute Gasteiger partial charge is 0.488 e. The van der Waals surface area contributed by atoms with Crippen LogP contribution in [0.25, 0.3) is 0 Å². The molecule has 1 fully saturated rings. The van der Waals surface area contributed by atoms with Crippen LogP contribution in [0.2, 0.25) is 0 Å². The van der Waals surface area contributed by atoms with Crippen molar-refractivity contribution in [2.45, 2.75) is 19.3 Å². The highest BCUT2D eigenvalue weighted by molar-refractivity contribution is 5.35. The number of piperidine rings is 1. The van der Waals surface area contributed by atoms with Gasteiger partial charge in [-0.1, -0.05) is 0 Å². The van der Waals surface area contributed by atoms with Crippen LogP contribution in [0.15, 0.2) is 24.3 Å². The van der Waals surface area contributed by atoms with Crippen molar-refractivity contribution >= 4 is 5.69 Å². The average molecular weight is 251 g/mol. The zero-order chi connectivity index (χ0) is 12.8. The summed E-state index contributed by atoms with van der Waals surface area (Å²) in [7, 11) is 0.